The van der Waals surface area contributed by atoms with Crippen molar-refractivity contribution in [1.29, 1.82) is 0 Å². The van der Waals surface area contributed by atoms with Crippen molar-refractivity contribution in [3.63, 3.8) is 0 Å². The zero-order valence-electron chi connectivity index (χ0n) is 12.8. The maximum Gasteiger partial charge on any atom is 0.319 e. The van der Waals surface area contributed by atoms with E-state index in [9.17, 15) is 4.79 Å². The standard InChI is InChI=1S/C15H29N3O/c1-13-4-10-18(11-5-13)15(19)17(3)12-14-6-8-16(2)9-7-14/h13-14H,4-12H2,1-3H3. The van der Waals surface area contributed by atoms with Gasteiger partial charge in [-0.15, -0.1) is 0 Å². The number of hydrogen-bond acceptors (Lipinski definition) is 2. The van der Waals surface area contributed by atoms with Crippen LogP contribution >= 0.6 is 0 Å². The number of carbonyl (C=O) groups is 1. The lowest BCUT2D eigenvalue weighted by atomic mass is 9.96. The summed E-state index contributed by atoms with van der Waals surface area (Å²) in [5, 5.41) is 0. The van der Waals surface area contributed by atoms with E-state index in [-0.39, 0.29) is 6.03 Å². The molecule has 0 aromatic rings. The number of carbonyl (C=O) groups excluding carboxylic acids is 1. The molecule has 0 aromatic heterocycles. The van der Waals surface area contributed by atoms with Crippen molar-refractivity contribution >= 4 is 6.03 Å². The molecule has 2 fully saturated rings. The van der Waals surface area contributed by atoms with Crippen molar-refractivity contribution in [3.8, 4) is 0 Å². The van der Waals surface area contributed by atoms with Crippen molar-refractivity contribution in [3.05, 3.63) is 0 Å². The molecule has 0 atom stereocenters. The highest BCUT2D eigenvalue weighted by Gasteiger charge is 2.25. The zero-order valence-corrected chi connectivity index (χ0v) is 12.8. The molecule has 0 spiro atoms. The molecule has 0 saturated carbocycles. The molecular weight excluding hydrogens is 238 g/mol. The van der Waals surface area contributed by atoms with Gasteiger partial charge in [0.05, 0.1) is 0 Å². The third-order valence-electron chi connectivity index (χ3n) is 4.75. The summed E-state index contributed by atoms with van der Waals surface area (Å²) in [6.07, 6.45) is 4.78. The van der Waals surface area contributed by atoms with E-state index in [2.05, 4.69) is 18.9 Å². The molecule has 2 aliphatic heterocycles. The lowest BCUT2D eigenvalue weighted by Crippen LogP contribution is -2.47. The van der Waals surface area contributed by atoms with Gasteiger partial charge in [-0.2, -0.15) is 0 Å². The first-order valence-corrected chi connectivity index (χ1v) is 7.75. The van der Waals surface area contributed by atoms with Gasteiger partial charge in [0, 0.05) is 26.7 Å². The summed E-state index contributed by atoms with van der Waals surface area (Å²) < 4.78 is 0. The summed E-state index contributed by atoms with van der Waals surface area (Å²) in [4.78, 5) is 18.8. The summed E-state index contributed by atoms with van der Waals surface area (Å²) in [6, 6.07) is 0.242. The van der Waals surface area contributed by atoms with Gasteiger partial charge in [0.1, 0.15) is 0 Å². The largest absolute Gasteiger partial charge is 0.327 e. The third-order valence-corrected chi connectivity index (χ3v) is 4.75. The molecule has 2 saturated heterocycles. The van der Waals surface area contributed by atoms with Gasteiger partial charge in [-0.25, -0.2) is 4.79 Å². The lowest BCUT2D eigenvalue weighted by Gasteiger charge is -2.36. The van der Waals surface area contributed by atoms with Crippen molar-refractivity contribution < 1.29 is 4.79 Å². The second kappa shape index (κ2) is 6.60. The molecule has 4 heteroatoms. The van der Waals surface area contributed by atoms with E-state index >= 15 is 0 Å². The van der Waals surface area contributed by atoms with Gasteiger partial charge in [0.15, 0.2) is 0 Å². The van der Waals surface area contributed by atoms with Crippen LogP contribution in [0.1, 0.15) is 32.6 Å². The van der Waals surface area contributed by atoms with E-state index in [0.29, 0.717) is 5.92 Å². The fourth-order valence-electron chi connectivity index (χ4n) is 3.15. The van der Waals surface area contributed by atoms with Gasteiger partial charge in [-0.1, -0.05) is 6.92 Å². The molecule has 0 radical (unpaired) electrons. The van der Waals surface area contributed by atoms with Gasteiger partial charge in [-0.05, 0) is 57.7 Å². The van der Waals surface area contributed by atoms with Crippen LogP contribution in [0.3, 0.4) is 0 Å². The third kappa shape index (κ3) is 4.10. The summed E-state index contributed by atoms with van der Waals surface area (Å²) >= 11 is 0. The first-order chi connectivity index (χ1) is 9.06. The van der Waals surface area contributed by atoms with E-state index in [1.165, 1.54) is 25.9 Å². The average Bonchev–Trinajstić information content (AvgIpc) is 2.41. The predicted octanol–water partition coefficient (Wildman–Crippen LogP) is 2.11. The van der Waals surface area contributed by atoms with Crippen molar-refractivity contribution in [2.75, 3.05) is 46.8 Å². The number of rotatable bonds is 2. The Bertz CT molecular complexity index is 292. The van der Waals surface area contributed by atoms with E-state index in [4.69, 9.17) is 0 Å². The minimum atomic E-state index is 0.242. The minimum Gasteiger partial charge on any atom is -0.327 e. The number of nitrogens with zero attached hydrogens (tertiary/aromatic N) is 3. The maximum atomic E-state index is 12.4. The molecule has 0 aromatic carbocycles. The predicted molar refractivity (Wildman–Crippen MR) is 78.2 cm³/mol. The Kier molecular flexibility index (Phi) is 5.08. The Morgan fingerprint density at radius 1 is 1.11 bits per heavy atom. The molecule has 110 valence electrons. The normalized spacial score (nSPS) is 23.6. The Balaban J connectivity index is 1.76. The smallest absolute Gasteiger partial charge is 0.319 e. The van der Waals surface area contributed by atoms with Crippen LogP contribution in [0.5, 0.6) is 0 Å². The molecular formula is C15H29N3O. The Morgan fingerprint density at radius 2 is 1.68 bits per heavy atom. The molecule has 2 aliphatic rings. The molecule has 2 heterocycles. The fourth-order valence-corrected chi connectivity index (χ4v) is 3.15. The molecule has 0 bridgehead atoms. The first-order valence-electron chi connectivity index (χ1n) is 7.75. The molecule has 19 heavy (non-hydrogen) atoms. The van der Waals surface area contributed by atoms with E-state index in [1.54, 1.807) is 0 Å². The zero-order chi connectivity index (χ0) is 13.8. The van der Waals surface area contributed by atoms with Crippen LogP contribution in [0.15, 0.2) is 0 Å². The van der Waals surface area contributed by atoms with Gasteiger partial charge in [-0.3, -0.25) is 0 Å². The van der Waals surface area contributed by atoms with E-state index < -0.39 is 0 Å². The van der Waals surface area contributed by atoms with Gasteiger partial charge in [0.2, 0.25) is 0 Å². The summed E-state index contributed by atoms with van der Waals surface area (Å²) in [5.74, 6) is 1.47. The highest BCUT2D eigenvalue weighted by atomic mass is 16.2. The van der Waals surface area contributed by atoms with Gasteiger partial charge >= 0.3 is 6.03 Å². The Hall–Kier alpha value is -0.770. The van der Waals surface area contributed by atoms with E-state index in [1.807, 2.05) is 16.8 Å². The first kappa shape index (κ1) is 14.6. The van der Waals surface area contributed by atoms with Crippen molar-refractivity contribution in [2.45, 2.75) is 32.6 Å². The Labute approximate surface area is 117 Å². The molecule has 2 rings (SSSR count). The lowest BCUT2D eigenvalue weighted by molar-refractivity contribution is 0.127. The SMILES string of the molecule is CC1CCN(C(=O)N(C)CC2CCN(C)CC2)CC1. The number of likely N-dealkylation sites (tertiary alicyclic amines) is 2. The van der Waals surface area contributed by atoms with Crippen LogP contribution in [-0.4, -0.2) is 67.5 Å². The second-order valence-electron chi connectivity index (χ2n) is 6.58. The summed E-state index contributed by atoms with van der Waals surface area (Å²) in [5.41, 5.74) is 0. The molecule has 2 amide bonds. The van der Waals surface area contributed by atoms with Crippen LogP contribution < -0.4 is 0 Å². The number of amides is 2. The highest BCUT2D eigenvalue weighted by Crippen LogP contribution is 2.20. The van der Waals surface area contributed by atoms with E-state index in [0.717, 1.165) is 38.4 Å². The van der Waals surface area contributed by atoms with Crippen LogP contribution in [0.25, 0.3) is 0 Å². The summed E-state index contributed by atoms with van der Waals surface area (Å²) in [7, 11) is 4.15. The van der Waals surface area contributed by atoms with Crippen LogP contribution in [0.2, 0.25) is 0 Å². The quantitative estimate of drug-likeness (QED) is 0.766. The average molecular weight is 267 g/mol. The Morgan fingerprint density at radius 3 is 2.26 bits per heavy atom. The second-order valence-corrected chi connectivity index (χ2v) is 6.58. The molecule has 0 N–H and O–H groups in total. The maximum absolute atomic E-state index is 12.4. The van der Waals surface area contributed by atoms with Crippen LogP contribution in [0, 0.1) is 11.8 Å². The van der Waals surface area contributed by atoms with Gasteiger partial charge in [0.25, 0.3) is 0 Å². The van der Waals surface area contributed by atoms with Crippen molar-refractivity contribution in [1.82, 2.24) is 14.7 Å². The number of piperidine rings is 2. The number of urea groups is 1. The molecule has 4 nitrogen and oxygen atoms in total. The van der Waals surface area contributed by atoms with Gasteiger partial charge < -0.3 is 14.7 Å². The van der Waals surface area contributed by atoms with Crippen LogP contribution in [-0.2, 0) is 0 Å². The fraction of sp³-hybridized carbons (Fsp3) is 0.933. The van der Waals surface area contributed by atoms with Crippen LogP contribution in [0.4, 0.5) is 4.79 Å². The summed E-state index contributed by atoms with van der Waals surface area (Å²) in [6.45, 7) is 7.44. The highest BCUT2D eigenvalue weighted by molar-refractivity contribution is 5.74. The number of hydrogen-bond donors (Lipinski definition) is 0. The monoisotopic (exact) mass is 267 g/mol. The molecule has 0 unspecified atom stereocenters. The molecule has 0 aliphatic carbocycles. The topological polar surface area (TPSA) is 26.8 Å². The van der Waals surface area contributed by atoms with Crippen molar-refractivity contribution in [2.24, 2.45) is 11.8 Å². The minimum absolute atomic E-state index is 0.242.